The lowest BCUT2D eigenvalue weighted by molar-refractivity contribution is 0.130. The maximum Gasteiger partial charge on any atom is 0.411 e. The van der Waals surface area contributed by atoms with Gasteiger partial charge in [0.1, 0.15) is 0 Å². The van der Waals surface area contributed by atoms with E-state index < -0.39 is 12.1 Å². The van der Waals surface area contributed by atoms with E-state index >= 15 is 0 Å². The van der Waals surface area contributed by atoms with Gasteiger partial charge in [-0.15, -0.1) is 0 Å². The standard InChI is InChI=1S/C19H21N3O3/c1-12(2)25-19(24)21-15-10-9-14-8-7-13-5-3-4-6-16(13)22(18(20)23)17(14)11-15/h3-6,9-12H,7-8H2,1-2H3,(H2,20,23)(H,21,24). The molecule has 2 aromatic carbocycles. The summed E-state index contributed by atoms with van der Waals surface area (Å²) in [6.45, 7) is 3.56. The fraction of sp³-hybridized carbons (Fsp3) is 0.263. The van der Waals surface area contributed by atoms with Crippen LogP contribution < -0.4 is 16.0 Å². The number of anilines is 3. The van der Waals surface area contributed by atoms with Crippen LogP contribution in [0.15, 0.2) is 42.5 Å². The molecule has 0 fully saturated rings. The van der Waals surface area contributed by atoms with Gasteiger partial charge >= 0.3 is 12.1 Å². The lowest BCUT2D eigenvalue weighted by atomic mass is 10.0. The molecule has 1 heterocycles. The number of rotatable bonds is 2. The van der Waals surface area contributed by atoms with Crippen LogP contribution in [0.5, 0.6) is 0 Å². The van der Waals surface area contributed by atoms with Crippen molar-refractivity contribution in [3.05, 3.63) is 53.6 Å². The van der Waals surface area contributed by atoms with Crippen LogP contribution in [-0.4, -0.2) is 18.2 Å². The van der Waals surface area contributed by atoms with Crippen LogP contribution in [0.4, 0.5) is 26.7 Å². The van der Waals surface area contributed by atoms with Crippen molar-refractivity contribution in [2.75, 3.05) is 10.2 Å². The third kappa shape index (κ3) is 3.57. The Labute approximate surface area is 146 Å². The average Bonchev–Trinajstić information content (AvgIpc) is 2.70. The molecule has 0 bridgehead atoms. The van der Waals surface area contributed by atoms with Crippen LogP contribution in [0.1, 0.15) is 25.0 Å². The number of nitrogens with one attached hydrogen (secondary N) is 1. The van der Waals surface area contributed by atoms with Crippen LogP contribution in [0.2, 0.25) is 0 Å². The molecular weight excluding hydrogens is 318 g/mol. The van der Waals surface area contributed by atoms with Crippen LogP contribution in [0, 0.1) is 0 Å². The van der Waals surface area contributed by atoms with Gasteiger partial charge in [-0.05, 0) is 56.0 Å². The van der Waals surface area contributed by atoms with Crippen molar-refractivity contribution in [2.24, 2.45) is 5.73 Å². The lowest BCUT2D eigenvalue weighted by Gasteiger charge is -2.23. The molecule has 0 atom stereocenters. The summed E-state index contributed by atoms with van der Waals surface area (Å²) in [5, 5.41) is 2.69. The summed E-state index contributed by atoms with van der Waals surface area (Å²) in [4.78, 5) is 25.5. The normalized spacial score (nSPS) is 12.8. The highest BCUT2D eigenvalue weighted by Gasteiger charge is 2.24. The molecule has 3 rings (SSSR count). The molecule has 0 saturated heterocycles. The van der Waals surface area contributed by atoms with E-state index in [0.717, 1.165) is 29.7 Å². The Kier molecular flexibility index (Phi) is 4.61. The molecule has 1 aliphatic rings. The minimum Gasteiger partial charge on any atom is -0.447 e. The largest absolute Gasteiger partial charge is 0.447 e. The Morgan fingerprint density at radius 3 is 2.44 bits per heavy atom. The molecule has 0 radical (unpaired) electrons. The number of fused-ring (bicyclic) bond motifs is 2. The van der Waals surface area contributed by atoms with E-state index in [-0.39, 0.29) is 6.10 Å². The first-order valence-electron chi connectivity index (χ1n) is 8.23. The minimum atomic E-state index is -0.558. The van der Waals surface area contributed by atoms with E-state index in [1.807, 2.05) is 30.3 Å². The third-order valence-electron chi connectivity index (χ3n) is 4.03. The molecular formula is C19H21N3O3. The number of hydrogen-bond acceptors (Lipinski definition) is 3. The molecule has 6 heteroatoms. The van der Waals surface area contributed by atoms with Gasteiger partial charge in [0.2, 0.25) is 0 Å². The molecule has 6 nitrogen and oxygen atoms in total. The van der Waals surface area contributed by atoms with Crippen molar-refractivity contribution in [1.82, 2.24) is 0 Å². The zero-order valence-corrected chi connectivity index (χ0v) is 14.3. The zero-order valence-electron chi connectivity index (χ0n) is 14.3. The highest BCUT2D eigenvalue weighted by Crippen LogP contribution is 2.37. The van der Waals surface area contributed by atoms with Crippen molar-refractivity contribution < 1.29 is 14.3 Å². The Morgan fingerprint density at radius 2 is 1.76 bits per heavy atom. The second-order valence-corrected chi connectivity index (χ2v) is 6.22. The summed E-state index contributed by atoms with van der Waals surface area (Å²) in [6, 6.07) is 12.6. The number of nitrogens with two attached hydrogens (primary N) is 1. The molecule has 0 aliphatic carbocycles. The van der Waals surface area contributed by atoms with Gasteiger partial charge in [0.15, 0.2) is 0 Å². The predicted molar refractivity (Wildman–Crippen MR) is 97.3 cm³/mol. The fourth-order valence-corrected chi connectivity index (χ4v) is 3.00. The number of ether oxygens (including phenoxy) is 1. The van der Waals surface area contributed by atoms with Gasteiger partial charge in [0.05, 0.1) is 17.5 Å². The van der Waals surface area contributed by atoms with E-state index in [1.165, 1.54) is 4.90 Å². The average molecular weight is 339 g/mol. The van der Waals surface area contributed by atoms with Crippen molar-refractivity contribution >= 4 is 29.2 Å². The topological polar surface area (TPSA) is 84.7 Å². The first kappa shape index (κ1) is 16.8. The molecule has 25 heavy (non-hydrogen) atoms. The molecule has 2 aromatic rings. The van der Waals surface area contributed by atoms with E-state index in [1.54, 1.807) is 26.0 Å². The molecule has 0 spiro atoms. The Bertz CT molecular complexity index is 817. The number of amides is 3. The zero-order chi connectivity index (χ0) is 18.0. The number of hydrogen-bond donors (Lipinski definition) is 2. The van der Waals surface area contributed by atoms with Crippen LogP contribution in [0.25, 0.3) is 0 Å². The summed E-state index contributed by atoms with van der Waals surface area (Å²) in [7, 11) is 0. The summed E-state index contributed by atoms with van der Waals surface area (Å²) in [5.41, 5.74) is 9.72. The van der Waals surface area contributed by atoms with Crippen LogP contribution >= 0.6 is 0 Å². The van der Waals surface area contributed by atoms with Gasteiger partial charge in [-0.1, -0.05) is 24.3 Å². The number of carbonyl (C=O) groups is 2. The predicted octanol–water partition coefficient (Wildman–Crippen LogP) is 3.96. The molecule has 1 aliphatic heterocycles. The van der Waals surface area contributed by atoms with Crippen molar-refractivity contribution in [2.45, 2.75) is 32.8 Å². The quantitative estimate of drug-likeness (QED) is 0.868. The third-order valence-corrected chi connectivity index (χ3v) is 4.03. The number of carbonyl (C=O) groups excluding carboxylic acids is 2. The number of primary amides is 1. The van der Waals surface area contributed by atoms with Gasteiger partial charge in [-0.25, -0.2) is 9.59 Å². The summed E-state index contributed by atoms with van der Waals surface area (Å²) in [6.07, 6.45) is 0.853. The lowest BCUT2D eigenvalue weighted by Crippen LogP contribution is -2.32. The maximum atomic E-state index is 12.1. The molecule has 0 unspecified atom stereocenters. The maximum absolute atomic E-state index is 12.1. The Hall–Kier alpha value is -3.02. The first-order valence-corrected chi connectivity index (χ1v) is 8.23. The second kappa shape index (κ2) is 6.84. The number of aryl methyl sites for hydroxylation is 2. The second-order valence-electron chi connectivity index (χ2n) is 6.22. The summed E-state index contributed by atoms with van der Waals surface area (Å²) >= 11 is 0. The van der Waals surface area contributed by atoms with Gasteiger partial charge in [-0.2, -0.15) is 0 Å². The van der Waals surface area contributed by atoms with Crippen LogP contribution in [-0.2, 0) is 17.6 Å². The molecule has 130 valence electrons. The van der Waals surface area contributed by atoms with Crippen molar-refractivity contribution in [1.29, 1.82) is 0 Å². The smallest absolute Gasteiger partial charge is 0.411 e. The van der Waals surface area contributed by atoms with Gasteiger partial charge in [-0.3, -0.25) is 10.2 Å². The fourth-order valence-electron chi connectivity index (χ4n) is 3.00. The van der Waals surface area contributed by atoms with Gasteiger partial charge < -0.3 is 10.5 Å². The SMILES string of the molecule is CC(C)OC(=O)Nc1ccc2c(c1)N(C(N)=O)c1ccccc1CC2. The molecule has 0 aromatic heterocycles. The van der Waals surface area contributed by atoms with Crippen molar-refractivity contribution in [3.63, 3.8) is 0 Å². The Balaban J connectivity index is 2.00. The molecule has 3 N–H and O–H groups in total. The number of nitrogens with zero attached hydrogens (tertiary/aromatic N) is 1. The summed E-state index contributed by atoms with van der Waals surface area (Å²) < 4.78 is 5.10. The van der Waals surface area contributed by atoms with Crippen molar-refractivity contribution in [3.8, 4) is 0 Å². The Morgan fingerprint density at radius 1 is 1.08 bits per heavy atom. The van der Waals surface area contributed by atoms with E-state index in [9.17, 15) is 9.59 Å². The highest BCUT2D eigenvalue weighted by atomic mass is 16.6. The van der Waals surface area contributed by atoms with E-state index in [2.05, 4.69) is 5.32 Å². The highest BCUT2D eigenvalue weighted by molar-refractivity contribution is 6.01. The summed E-state index contributed by atoms with van der Waals surface area (Å²) in [5.74, 6) is 0. The monoisotopic (exact) mass is 339 g/mol. The van der Waals surface area contributed by atoms with E-state index in [0.29, 0.717) is 11.4 Å². The van der Waals surface area contributed by atoms with Gasteiger partial charge in [0.25, 0.3) is 0 Å². The molecule has 3 amide bonds. The first-order chi connectivity index (χ1) is 12.0. The number of urea groups is 1. The minimum absolute atomic E-state index is 0.213. The molecule has 0 saturated carbocycles. The van der Waals surface area contributed by atoms with Crippen LogP contribution in [0.3, 0.4) is 0 Å². The number of benzene rings is 2. The van der Waals surface area contributed by atoms with E-state index in [4.69, 9.17) is 10.5 Å². The number of para-hydroxylation sites is 1. The van der Waals surface area contributed by atoms with Gasteiger partial charge in [0, 0.05) is 5.69 Å².